The van der Waals surface area contributed by atoms with Crippen LogP contribution in [0.5, 0.6) is 0 Å². The van der Waals surface area contributed by atoms with E-state index in [1.54, 1.807) is 0 Å². The van der Waals surface area contributed by atoms with Gasteiger partial charge in [0.15, 0.2) is 0 Å². The van der Waals surface area contributed by atoms with Crippen molar-refractivity contribution in [3.63, 3.8) is 0 Å². The van der Waals surface area contributed by atoms with Gasteiger partial charge in [-0.3, -0.25) is 0 Å². The first-order valence-electron chi connectivity index (χ1n) is 5.09. The van der Waals surface area contributed by atoms with Crippen LogP contribution in [-0.2, 0) is 0 Å². The monoisotopic (exact) mass is 261 g/mol. The molecule has 18 heavy (non-hydrogen) atoms. The van der Waals surface area contributed by atoms with Gasteiger partial charge >= 0.3 is 12.1 Å². The van der Waals surface area contributed by atoms with Crippen molar-refractivity contribution in [3.05, 3.63) is 17.8 Å². The highest BCUT2D eigenvalue weighted by Gasteiger charge is 2.63. The van der Waals surface area contributed by atoms with Crippen molar-refractivity contribution in [2.75, 3.05) is 11.1 Å². The number of hydrogen-bond donors (Lipinski definition) is 3. The summed E-state index contributed by atoms with van der Waals surface area (Å²) in [4.78, 5) is 14.5. The van der Waals surface area contributed by atoms with Gasteiger partial charge in [-0.15, -0.1) is 0 Å². The Morgan fingerprint density at radius 2 is 2.11 bits per heavy atom. The van der Waals surface area contributed by atoms with Crippen molar-refractivity contribution in [2.24, 2.45) is 0 Å². The second-order valence-electron chi connectivity index (χ2n) is 4.17. The van der Waals surface area contributed by atoms with Crippen LogP contribution in [-0.4, -0.2) is 27.8 Å². The van der Waals surface area contributed by atoms with E-state index >= 15 is 0 Å². The molecule has 0 amide bonds. The van der Waals surface area contributed by atoms with Gasteiger partial charge in [-0.25, -0.2) is 9.78 Å². The van der Waals surface area contributed by atoms with Crippen molar-refractivity contribution in [2.45, 2.75) is 24.6 Å². The Balaban J connectivity index is 2.26. The van der Waals surface area contributed by atoms with Crippen molar-refractivity contribution >= 4 is 17.5 Å². The molecule has 1 heterocycles. The first-order valence-corrected chi connectivity index (χ1v) is 5.09. The summed E-state index contributed by atoms with van der Waals surface area (Å²) in [6, 6.07) is 1.00. The molecule has 0 saturated heterocycles. The number of nitrogens with zero attached hydrogens (tertiary/aromatic N) is 1. The van der Waals surface area contributed by atoms with Crippen molar-refractivity contribution in [1.29, 1.82) is 0 Å². The fourth-order valence-corrected chi connectivity index (χ4v) is 1.57. The third-order valence-corrected chi connectivity index (χ3v) is 2.83. The molecule has 4 N–H and O–H groups in total. The maximum Gasteiger partial charge on any atom is 0.411 e. The molecule has 0 spiro atoms. The smallest absolute Gasteiger partial charge is 0.411 e. The normalized spacial score (nSPS) is 17.3. The lowest BCUT2D eigenvalue weighted by Crippen LogP contribution is -2.39. The number of rotatable bonds is 3. The molecule has 0 bridgehead atoms. The lowest BCUT2D eigenvalue weighted by Gasteiger charge is -2.21. The van der Waals surface area contributed by atoms with E-state index in [1.165, 1.54) is 0 Å². The van der Waals surface area contributed by atoms with Crippen LogP contribution in [0.2, 0.25) is 0 Å². The van der Waals surface area contributed by atoms with E-state index in [2.05, 4.69) is 10.3 Å². The molecule has 1 aliphatic rings. The summed E-state index contributed by atoms with van der Waals surface area (Å²) in [5, 5.41) is 11.0. The Morgan fingerprint density at radius 3 is 2.56 bits per heavy atom. The predicted octanol–water partition coefficient (Wildman–Crippen LogP) is 1.87. The minimum atomic E-state index is -4.39. The summed E-state index contributed by atoms with van der Waals surface area (Å²) >= 11 is 0. The molecule has 5 nitrogen and oxygen atoms in total. The molecule has 0 atom stereocenters. The van der Waals surface area contributed by atoms with Crippen molar-refractivity contribution < 1.29 is 23.1 Å². The van der Waals surface area contributed by atoms with E-state index in [-0.39, 0.29) is 29.9 Å². The lowest BCUT2D eigenvalue weighted by molar-refractivity contribution is -0.151. The van der Waals surface area contributed by atoms with Gasteiger partial charge in [0, 0.05) is 0 Å². The number of nitrogens with one attached hydrogen (secondary N) is 1. The highest BCUT2D eigenvalue weighted by molar-refractivity contribution is 5.94. The SMILES string of the molecule is Nc1cnc(NC2(C(F)(F)F)CC2)cc1C(=O)O. The summed E-state index contributed by atoms with van der Waals surface area (Å²) in [5.41, 5.74) is 3.02. The number of carbonyl (C=O) groups is 1. The molecule has 1 aromatic rings. The Morgan fingerprint density at radius 1 is 1.50 bits per heavy atom. The molecule has 0 aliphatic heterocycles. The van der Waals surface area contributed by atoms with Gasteiger partial charge in [-0.2, -0.15) is 13.2 Å². The summed E-state index contributed by atoms with van der Waals surface area (Å²) < 4.78 is 38.1. The molecule has 8 heteroatoms. The van der Waals surface area contributed by atoms with E-state index in [4.69, 9.17) is 10.8 Å². The Hall–Kier alpha value is -1.99. The molecule has 1 fully saturated rings. The molecule has 1 saturated carbocycles. The van der Waals surface area contributed by atoms with E-state index in [0.29, 0.717) is 0 Å². The molecular formula is C10H10F3N3O2. The number of nitrogens with two attached hydrogens (primary N) is 1. The maximum absolute atomic E-state index is 12.7. The number of alkyl halides is 3. The number of carboxylic acid groups (broad SMARTS) is 1. The Kier molecular flexibility index (Phi) is 2.60. The van der Waals surface area contributed by atoms with Crippen LogP contribution in [0.4, 0.5) is 24.7 Å². The lowest BCUT2D eigenvalue weighted by atomic mass is 10.2. The molecular weight excluding hydrogens is 251 g/mol. The van der Waals surface area contributed by atoms with Gasteiger partial charge in [-0.1, -0.05) is 0 Å². The minimum absolute atomic E-state index is 0.0506. The number of nitrogen functional groups attached to an aromatic ring is 1. The number of anilines is 2. The summed E-state index contributed by atoms with van der Waals surface area (Å²) in [6.07, 6.45) is -3.46. The topological polar surface area (TPSA) is 88.2 Å². The minimum Gasteiger partial charge on any atom is -0.478 e. The third kappa shape index (κ3) is 2.05. The van der Waals surface area contributed by atoms with E-state index in [1.807, 2.05) is 0 Å². The molecule has 0 unspecified atom stereocenters. The first kappa shape index (κ1) is 12.5. The molecule has 1 aromatic heterocycles. The van der Waals surface area contributed by atoms with Gasteiger partial charge in [0.1, 0.15) is 11.4 Å². The summed E-state index contributed by atoms with van der Waals surface area (Å²) in [7, 11) is 0. The quantitative estimate of drug-likeness (QED) is 0.773. The highest BCUT2D eigenvalue weighted by atomic mass is 19.4. The van der Waals surface area contributed by atoms with Crippen molar-refractivity contribution in [3.8, 4) is 0 Å². The standard InChI is InChI=1S/C10H10F3N3O2/c11-10(12,13)9(1-2-9)16-7-3-5(8(17)18)6(14)4-15-7/h3-4H,1-2,14H2,(H,15,16)(H,17,18). The highest BCUT2D eigenvalue weighted by Crippen LogP contribution is 2.51. The zero-order valence-corrected chi connectivity index (χ0v) is 9.08. The van der Waals surface area contributed by atoms with Crippen LogP contribution in [0.15, 0.2) is 12.3 Å². The third-order valence-electron chi connectivity index (χ3n) is 2.83. The van der Waals surface area contributed by atoms with Gasteiger partial charge in [0.05, 0.1) is 17.4 Å². The second-order valence-corrected chi connectivity index (χ2v) is 4.17. The van der Waals surface area contributed by atoms with E-state index in [0.717, 1.165) is 12.3 Å². The van der Waals surface area contributed by atoms with Gasteiger partial charge in [0.25, 0.3) is 0 Å². The van der Waals surface area contributed by atoms with Crippen LogP contribution < -0.4 is 11.1 Å². The molecule has 1 aliphatic carbocycles. The van der Waals surface area contributed by atoms with E-state index in [9.17, 15) is 18.0 Å². The van der Waals surface area contributed by atoms with Crippen LogP contribution in [0.25, 0.3) is 0 Å². The Labute approximate surface area is 99.8 Å². The molecule has 98 valence electrons. The van der Waals surface area contributed by atoms with Crippen molar-refractivity contribution in [1.82, 2.24) is 4.98 Å². The van der Waals surface area contributed by atoms with Gasteiger partial charge in [-0.05, 0) is 18.9 Å². The summed E-state index contributed by atoms with van der Waals surface area (Å²) in [5.74, 6) is -1.45. The van der Waals surface area contributed by atoms with Crippen LogP contribution in [0.3, 0.4) is 0 Å². The predicted molar refractivity (Wildman–Crippen MR) is 57.3 cm³/mol. The second kappa shape index (κ2) is 3.76. The van der Waals surface area contributed by atoms with Crippen LogP contribution >= 0.6 is 0 Å². The fourth-order valence-electron chi connectivity index (χ4n) is 1.57. The number of pyridine rings is 1. The largest absolute Gasteiger partial charge is 0.478 e. The van der Waals surface area contributed by atoms with Crippen LogP contribution in [0.1, 0.15) is 23.2 Å². The maximum atomic E-state index is 12.7. The fraction of sp³-hybridized carbons (Fsp3) is 0.400. The number of aromatic nitrogens is 1. The number of halogens is 3. The first-order chi connectivity index (χ1) is 8.25. The molecule has 2 rings (SSSR count). The van der Waals surface area contributed by atoms with Gasteiger partial charge < -0.3 is 16.2 Å². The zero-order valence-electron chi connectivity index (χ0n) is 9.08. The number of carboxylic acids is 1. The Bertz CT molecular complexity index is 498. The number of aromatic carboxylic acids is 1. The zero-order chi connectivity index (χ0) is 13.6. The number of hydrogen-bond acceptors (Lipinski definition) is 4. The van der Waals surface area contributed by atoms with Crippen LogP contribution in [0, 0.1) is 0 Å². The van der Waals surface area contributed by atoms with Gasteiger partial charge in [0.2, 0.25) is 0 Å². The average molecular weight is 261 g/mol. The van der Waals surface area contributed by atoms with E-state index < -0.39 is 17.7 Å². The molecule has 0 radical (unpaired) electrons. The molecule has 0 aromatic carbocycles. The summed E-state index contributed by atoms with van der Waals surface area (Å²) in [6.45, 7) is 0. The average Bonchev–Trinajstić information content (AvgIpc) is 3.00.